The second-order valence-electron chi connectivity index (χ2n) is 6.20. The minimum Gasteiger partial charge on any atom is -0.459 e. The monoisotopic (exact) mass is 227 g/mol. The number of hydrogen-bond acceptors (Lipinski definition) is 4. The van der Waals surface area contributed by atoms with E-state index >= 15 is 0 Å². The Morgan fingerprint density at radius 1 is 1.44 bits per heavy atom. The summed E-state index contributed by atoms with van der Waals surface area (Å²) in [4.78, 5) is 12.1. The van der Waals surface area contributed by atoms with Crippen LogP contribution in [0.4, 0.5) is 0 Å². The number of aliphatic hydroxyl groups excluding tert-OH is 1. The molecule has 0 aromatic heterocycles. The van der Waals surface area contributed by atoms with Crippen LogP contribution in [0.2, 0.25) is 0 Å². The molecule has 0 unspecified atom stereocenters. The fourth-order valence-electron chi connectivity index (χ4n) is 2.86. The molecule has 0 heterocycles. The van der Waals surface area contributed by atoms with Gasteiger partial charge in [0.1, 0.15) is 11.1 Å². The van der Waals surface area contributed by atoms with Crippen molar-refractivity contribution < 1.29 is 14.6 Å². The molecule has 0 aromatic carbocycles. The van der Waals surface area contributed by atoms with E-state index < -0.39 is 22.7 Å². The van der Waals surface area contributed by atoms with Crippen LogP contribution in [0.25, 0.3) is 0 Å². The van der Waals surface area contributed by atoms with Gasteiger partial charge >= 0.3 is 5.97 Å². The van der Waals surface area contributed by atoms with Gasteiger partial charge in [0, 0.05) is 11.8 Å². The van der Waals surface area contributed by atoms with Crippen molar-refractivity contribution in [2.45, 2.75) is 63.7 Å². The van der Waals surface area contributed by atoms with Crippen LogP contribution in [0.1, 0.15) is 46.5 Å². The summed E-state index contributed by atoms with van der Waals surface area (Å²) in [5.41, 5.74) is 4.28. The Bertz CT molecular complexity index is 317. The molecule has 4 heteroatoms. The predicted octanol–water partition coefficient (Wildman–Crippen LogP) is 0.960. The molecule has 0 saturated heterocycles. The van der Waals surface area contributed by atoms with Gasteiger partial charge in [-0.05, 0) is 33.6 Å². The summed E-state index contributed by atoms with van der Waals surface area (Å²) in [7, 11) is 0. The van der Waals surface area contributed by atoms with E-state index in [1.54, 1.807) is 0 Å². The average molecular weight is 227 g/mol. The summed E-state index contributed by atoms with van der Waals surface area (Å²) in [5.74, 6) is -0.356. The first-order chi connectivity index (χ1) is 7.21. The number of rotatable bonds is 1. The van der Waals surface area contributed by atoms with Gasteiger partial charge in [-0.1, -0.05) is 6.42 Å². The van der Waals surface area contributed by atoms with Crippen LogP contribution in [-0.4, -0.2) is 28.3 Å². The number of hydrogen-bond donors (Lipinski definition) is 2. The molecule has 3 N–H and O–H groups in total. The van der Waals surface area contributed by atoms with Crippen molar-refractivity contribution in [1.82, 2.24) is 0 Å². The van der Waals surface area contributed by atoms with Crippen LogP contribution in [0, 0.1) is 5.41 Å². The molecular formula is C12H21NO3. The molecule has 2 aliphatic rings. The number of nitrogens with two attached hydrogens (primary N) is 1. The van der Waals surface area contributed by atoms with Crippen LogP contribution in [-0.2, 0) is 9.53 Å². The zero-order valence-corrected chi connectivity index (χ0v) is 10.2. The second-order valence-corrected chi connectivity index (χ2v) is 6.20. The minimum absolute atomic E-state index is 0.335. The van der Waals surface area contributed by atoms with E-state index in [9.17, 15) is 9.90 Å². The topological polar surface area (TPSA) is 72.5 Å². The summed E-state index contributed by atoms with van der Waals surface area (Å²) in [6, 6.07) is 0. The van der Waals surface area contributed by atoms with Gasteiger partial charge in [0.2, 0.25) is 0 Å². The molecule has 92 valence electrons. The van der Waals surface area contributed by atoms with Crippen molar-refractivity contribution in [1.29, 1.82) is 0 Å². The van der Waals surface area contributed by atoms with Gasteiger partial charge in [-0.2, -0.15) is 0 Å². The number of esters is 1. The van der Waals surface area contributed by atoms with E-state index in [1.807, 2.05) is 20.8 Å². The number of carbonyl (C=O) groups is 1. The molecule has 0 bridgehead atoms. The first-order valence-corrected chi connectivity index (χ1v) is 5.92. The molecule has 0 amide bonds. The highest BCUT2D eigenvalue weighted by Crippen LogP contribution is 2.61. The maximum Gasteiger partial charge on any atom is 0.327 e. The first kappa shape index (κ1) is 11.9. The Morgan fingerprint density at radius 3 is 2.31 bits per heavy atom. The highest BCUT2D eigenvalue weighted by atomic mass is 16.6. The lowest BCUT2D eigenvalue weighted by molar-refractivity contribution is -0.216. The van der Waals surface area contributed by atoms with E-state index in [4.69, 9.17) is 10.5 Å². The molecule has 4 nitrogen and oxygen atoms in total. The lowest BCUT2D eigenvalue weighted by atomic mass is 9.44. The van der Waals surface area contributed by atoms with E-state index in [0.717, 1.165) is 19.3 Å². The smallest absolute Gasteiger partial charge is 0.327 e. The lowest BCUT2D eigenvalue weighted by Gasteiger charge is -2.64. The minimum atomic E-state index is -0.960. The normalized spacial score (nSPS) is 36.4. The Labute approximate surface area is 96.2 Å². The van der Waals surface area contributed by atoms with Crippen LogP contribution in [0.5, 0.6) is 0 Å². The van der Waals surface area contributed by atoms with Crippen LogP contribution in [0.3, 0.4) is 0 Å². The van der Waals surface area contributed by atoms with Crippen molar-refractivity contribution >= 4 is 5.97 Å². The Hall–Kier alpha value is -0.610. The third kappa shape index (κ3) is 1.39. The summed E-state index contributed by atoms with van der Waals surface area (Å²) in [5, 5.41) is 9.81. The molecule has 2 fully saturated rings. The van der Waals surface area contributed by atoms with E-state index in [2.05, 4.69) is 0 Å². The molecule has 2 rings (SSSR count). The maximum absolute atomic E-state index is 12.1. The van der Waals surface area contributed by atoms with Crippen LogP contribution >= 0.6 is 0 Å². The lowest BCUT2D eigenvalue weighted by Crippen LogP contribution is -2.78. The Kier molecular flexibility index (Phi) is 2.37. The second kappa shape index (κ2) is 3.20. The third-order valence-corrected chi connectivity index (χ3v) is 4.05. The van der Waals surface area contributed by atoms with Gasteiger partial charge in [-0.15, -0.1) is 0 Å². The van der Waals surface area contributed by atoms with Crippen molar-refractivity contribution in [2.75, 3.05) is 0 Å². The number of aliphatic hydroxyl groups is 1. The quantitative estimate of drug-likeness (QED) is 0.654. The predicted molar refractivity (Wildman–Crippen MR) is 59.7 cm³/mol. The number of ether oxygens (including phenoxy) is 1. The molecule has 2 saturated carbocycles. The van der Waals surface area contributed by atoms with Crippen LogP contribution < -0.4 is 5.73 Å². The zero-order valence-electron chi connectivity index (χ0n) is 10.2. The Morgan fingerprint density at radius 2 is 2.00 bits per heavy atom. The van der Waals surface area contributed by atoms with Crippen molar-refractivity contribution in [2.24, 2.45) is 11.1 Å². The van der Waals surface area contributed by atoms with Crippen molar-refractivity contribution in [3.05, 3.63) is 0 Å². The standard InChI is InChI=1S/C12H21NO3/c1-10(2,3)16-9(15)12(13)7-8(14)11(12)5-4-6-11/h8,14H,4-7,13H2,1-3H3/t8-,12-/m0/s1. The van der Waals surface area contributed by atoms with Gasteiger partial charge < -0.3 is 15.6 Å². The molecular weight excluding hydrogens is 206 g/mol. The highest BCUT2D eigenvalue weighted by Gasteiger charge is 2.70. The first-order valence-electron chi connectivity index (χ1n) is 5.92. The van der Waals surface area contributed by atoms with Gasteiger partial charge in [0.05, 0.1) is 6.10 Å². The zero-order chi connectivity index (χ0) is 12.2. The highest BCUT2D eigenvalue weighted by molar-refractivity contribution is 5.84. The largest absolute Gasteiger partial charge is 0.459 e. The average Bonchev–Trinajstić information content (AvgIpc) is 1.96. The number of carbonyl (C=O) groups excluding carboxylic acids is 1. The maximum atomic E-state index is 12.1. The van der Waals surface area contributed by atoms with Gasteiger partial charge in [-0.25, -0.2) is 0 Å². The van der Waals surface area contributed by atoms with Gasteiger partial charge in [0.15, 0.2) is 0 Å². The van der Waals surface area contributed by atoms with Crippen molar-refractivity contribution in [3.8, 4) is 0 Å². The molecule has 0 aromatic rings. The Balaban J connectivity index is 2.12. The summed E-state index contributed by atoms with van der Waals surface area (Å²) in [6.07, 6.45) is 2.62. The van der Waals surface area contributed by atoms with E-state index in [1.165, 1.54) is 0 Å². The van der Waals surface area contributed by atoms with Crippen LogP contribution in [0.15, 0.2) is 0 Å². The SMILES string of the molecule is CC(C)(C)OC(=O)[C@@]1(N)C[C@H](O)C12CCC2. The molecule has 1 spiro atoms. The molecule has 2 atom stereocenters. The third-order valence-electron chi connectivity index (χ3n) is 4.05. The molecule has 2 aliphatic carbocycles. The van der Waals surface area contributed by atoms with E-state index in [0.29, 0.717) is 6.42 Å². The molecule has 0 radical (unpaired) electrons. The molecule has 0 aliphatic heterocycles. The fourth-order valence-corrected chi connectivity index (χ4v) is 2.86. The van der Waals surface area contributed by atoms with E-state index in [-0.39, 0.29) is 5.97 Å². The summed E-state index contributed by atoms with van der Waals surface area (Å²) in [6.45, 7) is 5.49. The molecule has 16 heavy (non-hydrogen) atoms. The summed E-state index contributed by atoms with van der Waals surface area (Å²) < 4.78 is 5.35. The summed E-state index contributed by atoms with van der Waals surface area (Å²) >= 11 is 0. The van der Waals surface area contributed by atoms with Gasteiger partial charge in [0.25, 0.3) is 0 Å². The van der Waals surface area contributed by atoms with Gasteiger partial charge in [-0.3, -0.25) is 4.79 Å². The van der Waals surface area contributed by atoms with Crippen molar-refractivity contribution in [3.63, 3.8) is 0 Å². The fraction of sp³-hybridized carbons (Fsp3) is 0.917.